The minimum atomic E-state index is -1.78. The lowest BCUT2D eigenvalue weighted by Gasteiger charge is -2.37. The summed E-state index contributed by atoms with van der Waals surface area (Å²) in [6.07, 6.45) is 4.42. The summed E-state index contributed by atoms with van der Waals surface area (Å²) in [6, 6.07) is 23.8. The van der Waals surface area contributed by atoms with Crippen molar-refractivity contribution >= 4 is 82.0 Å². The van der Waals surface area contributed by atoms with Crippen LogP contribution >= 0.6 is 0 Å². The van der Waals surface area contributed by atoms with Crippen molar-refractivity contribution in [3.63, 3.8) is 0 Å². The van der Waals surface area contributed by atoms with E-state index in [1.807, 2.05) is 71.3 Å². The number of nitrogens with one attached hydrogen (secondary N) is 9. The Morgan fingerprint density at radius 2 is 1.46 bits per heavy atom. The van der Waals surface area contributed by atoms with Crippen LogP contribution in [-0.4, -0.2) is 212 Å². The number of nitrogens with zero attached hydrogens (tertiary/aromatic N) is 7. The van der Waals surface area contributed by atoms with Crippen molar-refractivity contribution < 1.29 is 80.9 Å². The fourth-order valence-corrected chi connectivity index (χ4v) is 15.7. The predicted octanol–water partition coefficient (Wildman–Crippen LogP) is 4.11. The molecule has 2 saturated heterocycles. The van der Waals surface area contributed by atoms with Crippen molar-refractivity contribution in [2.45, 2.75) is 204 Å². The quantitative estimate of drug-likeness (QED) is 0.0733. The van der Waals surface area contributed by atoms with Gasteiger partial charge in [-0.05, 0) is 135 Å². The molecular weight excluding hydrogens is 1540 g/mol. The molecule has 13 rings (SSSR count). The highest BCUT2D eigenvalue weighted by Gasteiger charge is 2.50. The molecule has 33 heteroatoms. The largest absolute Gasteiger partial charge is 0.497 e. The molecule has 12 bridgehead atoms. The monoisotopic (exact) mass is 1650 g/mol. The molecule has 6 aliphatic rings. The summed E-state index contributed by atoms with van der Waals surface area (Å²) in [5, 5.41) is 34.4. The summed E-state index contributed by atoms with van der Waals surface area (Å²) in [6.45, 7) is 6.13. The number of ether oxygens (including phenoxy) is 4. The third-order valence-corrected chi connectivity index (χ3v) is 22.5. The van der Waals surface area contributed by atoms with Crippen molar-refractivity contribution in [1.29, 1.82) is 0 Å². The van der Waals surface area contributed by atoms with Gasteiger partial charge in [-0.15, -0.1) is 5.10 Å². The van der Waals surface area contributed by atoms with Crippen molar-refractivity contribution in [3.8, 4) is 5.75 Å². The van der Waals surface area contributed by atoms with Gasteiger partial charge < -0.3 is 86.1 Å². The number of rotatable bonds is 13. The number of hydrogen-bond donors (Lipinski definition) is 9. The maximum absolute atomic E-state index is 16.4. The van der Waals surface area contributed by atoms with Crippen molar-refractivity contribution in [2.24, 2.45) is 0 Å². The maximum atomic E-state index is 16.4. The zero-order chi connectivity index (χ0) is 85.0. The van der Waals surface area contributed by atoms with Gasteiger partial charge in [-0.1, -0.05) is 115 Å². The molecule has 0 radical (unpaired) electrons. The Morgan fingerprint density at radius 3 is 2.24 bits per heavy atom. The number of allylic oxidation sites excluding steroid dienone is 2. The molecule has 9 N–H and O–H groups in total. The molecule has 0 aliphatic carbocycles. The van der Waals surface area contributed by atoms with E-state index in [4.69, 9.17) is 18.9 Å². The van der Waals surface area contributed by atoms with Gasteiger partial charge in [0.2, 0.25) is 65.0 Å². The molecule has 0 saturated carbocycles. The van der Waals surface area contributed by atoms with Crippen LogP contribution in [0.4, 0.5) is 9.18 Å². The number of amides is 12. The van der Waals surface area contributed by atoms with Crippen LogP contribution in [0.3, 0.4) is 0 Å². The predicted molar refractivity (Wildman–Crippen MR) is 436 cm³/mol. The average molecular weight is 1650 g/mol. The Labute approximate surface area is 694 Å². The number of alkyl carbamates (subject to hydrolysis) is 1. The summed E-state index contributed by atoms with van der Waals surface area (Å²) in [5.74, 6) is -8.13. The maximum Gasteiger partial charge on any atom is 0.407 e. The number of halogens is 1. The molecule has 7 aromatic rings. The standard InChI is InChI=1S/C87H105FN16O16/c1-6-67-79(109)94-68-44-60-18-14-19-61(42-60)47-91-74(106)53-119-72-33-40-103-77(72)82(112)97-76(55(3)118-52-64-50-102(99-98-64)41-36-90-86(116)120-51-59-16-10-9-11-17-59)81(111)96-69(43-57-24-27-65(117-5)28-25-57)84(114)104-39-15-34-87(104,4)85(115)89-35-32-56-20-22-58(23-21-56)48-101(75(107)31-30-73(105)92-54(2)78(108)93-67)38-13-8-7-12-37-100-49-62(45-70(83(103)113)95-80(68)110)66-46-63(88)26-29-71(66)100/h7,9-12,14,16-29,42,46,49-50,54-55,67-70,72,76-77H,6,8,13,15,30-41,43-45,47-48,51-53H2,1-5H3,(H,89,115)(H,90,116)(H,91,106)(H,92,105)(H,93,108)(H,94,109)(H,95,110)(H,96,111)(H,97,112)/b12-7+/t54-,55+,67+,68-,69-,70-,72-,76-,77-,87-/m0/s1. The number of methoxy groups -OCH3 is 1. The first-order valence-corrected chi connectivity index (χ1v) is 40.9. The Morgan fingerprint density at radius 1 is 0.692 bits per heavy atom. The molecule has 2 aromatic heterocycles. The van der Waals surface area contributed by atoms with Crippen LogP contribution in [0.2, 0.25) is 0 Å². The topological polar surface area (TPSA) is 395 Å². The summed E-state index contributed by atoms with van der Waals surface area (Å²) in [5.41, 5.74) is 3.76. The zero-order valence-electron chi connectivity index (χ0n) is 68.1. The second-order valence-corrected chi connectivity index (χ2v) is 31.2. The lowest BCUT2D eigenvalue weighted by atomic mass is 9.95. The molecule has 0 unspecified atom stereocenters. The Bertz CT molecular complexity index is 4890. The average Bonchev–Trinajstić information content (AvgIpc) is 1.61. The molecule has 2 fully saturated rings. The molecule has 8 heterocycles. The van der Waals surface area contributed by atoms with Gasteiger partial charge in [-0.2, -0.15) is 0 Å². The van der Waals surface area contributed by atoms with E-state index in [0.717, 1.165) is 16.7 Å². The molecule has 10 atom stereocenters. The van der Waals surface area contributed by atoms with E-state index in [9.17, 15) is 33.6 Å². The minimum absolute atomic E-state index is 0.0151. The van der Waals surface area contributed by atoms with Gasteiger partial charge in [0, 0.05) is 102 Å². The van der Waals surface area contributed by atoms with E-state index in [-0.39, 0.29) is 135 Å². The highest BCUT2D eigenvalue weighted by atomic mass is 19.1. The number of fused-ring (bicyclic) bond motifs is 16. The molecule has 32 nitrogen and oxygen atoms in total. The third kappa shape index (κ3) is 22.7. The number of hydrogen-bond acceptors (Lipinski definition) is 18. The number of carbonyl (C=O) groups is 12. The highest BCUT2D eigenvalue weighted by Crippen LogP contribution is 2.33. The molecular formula is C87H105FN16O16. The highest BCUT2D eigenvalue weighted by molar-refractivity contribution is 6.00. The fourth-order valence-electron chi connectivity index (χ4n) is 15.7. The summed E-state index contributed by atoms with van der Waals surface area (Å²) < 4.78 is 42.9. The van der Waals surface area contributed by atoms with E-state index >= 15 is 28.4 Å². The van der Waals surface area contributed by atoms with E-state index in [1.165, 1.54) is 47.6 Å². The number of carbonyl (C=O) groups excluding carboxylic acids is 12. The lowest BCUT2D eigenvalue weighted by molar-refractivity contribution is -0.148. The van der Waals surface area contributed by atoms with Gasteiger partial charge in [0.05, 0.1) is 38.7 Å². The van der Waals surface area contributed by atoms with Crippen LogP contribution < -0.4 is 52.6 Å². The number of aromatic nitrogens is 4. The molecule has 120 heavy (non-hydrogen) atoms. The fraction of sp³-hybridized carbons (Fsp3) is 0.448. The van der Waals surface area contributed by atoms with Gasteiger partial charge in [-0.25, -0.2) is 9.18 Å². The van der Waals surface area contributed by atoms with Gasteiger partial charge in [0.25, 0.3) is 0 Å². The van der Waals surface area contributed by atoms with Crippen LogP contribution in [0.5, 0.6) is 5.75 Å². The number of benzene rings is 5. The summed E-state index contributed by atoms with van der Waals surface area (Å²) >= 11 is 0. The van der Waals surface area contributed by atoms with Crippen LogP contribution in [0.15, 0.2) is 146 Å². The van der Waals surface area contributed by atoms with Crippen molar-refractivity contribution in [2.75, 3.05) is 46.4 Å². The first kappa shape index (κ1) is 86.9. The first-order chi connectivity index (χ1) is 57.9. The molecule has 5 aromatic carbocycles. The van der Waals surface area contributed by atoms with E-state index in [0.29, 0.717) is 64.6 Å². The molecule has 6 aliphatic heterocycles. The van der Waals surface area contributed by atoms with Gasteiger partial charge in [0.15, 0.2) is 0 Å². The zero-order valence-corrected chi connectivity index (χ0v) is 68.1. The smallest absolute Gasteiger partial charge is 0.407 e. The SMILES string of the molecule is CC[C@H]1NC(=O)[C@H](C)NC(=O)CCC(=O)N2CCC/C=C/Cn3cc(c4cc(F)ccc43)C[C@@H]3NC(=O)[C@H](Cc4cccc(c4)CNC(=O)CO[C@H]4CCN(C3=O)[C@@H]4C(=O)N[C@@H]([C@@H](C)OCc3cn(CCNC(=O)OCc4ccccc4)nn3)C(=O)N[C@@H](Cc3ccc(OC)cc3)C(=O)N3CCC[C@@]3(C)C(=O)NCCc3ccc(cc3)C2)NC1=O. The Balaban J connectivity index is 0.949. The van der Waals surface area contributed by atoms with Gasteiger partial charge in [-0.3, -0.25) is 57.4 Å². The minimum Gasteiger partial charge on any atom is -0.497 e. The second-order valence-electron chi connectivity index (χ2n) is 31.2. The summed E-state index contributed by atoms with van der Waals surface area (Å²) in [7, 11) is 1.50. The lowest BCUT2D eigenvalue weighted by Crippen LogP contribution is -2.64. The normalized spacial score (nSPS) is 23.9. The Kier molecular flexibility index (Phi) is 29.6. The second kappa shape index (κ2) is 40.9. The molecule has 636 valence electrons. The third-order valence-electron chi connectivity index (χ3n) is 22.5. The summed E-state index contributed by atoms with van der Waals surface area (Å²) in [4.78, 5) is 183. The Hall–Kier alpha value is -12.4. The van der Waals surface area contributed by atoms with E-state index < -0.39 is 138 Å². The first-order valence-electron chi connectivity index (χ1n) is 40.9. The van der Waals surface area contributed by atoms with Crippen LogP contribution in [0.25, 0.3) is 10.9 Å². The molecule has 0 spiro atoms. The van der Waals surface area contributed by atoms with Crippen molar-refractivity contribution in [1.82, 2.24) is 82.1 Å². The van der Waals surface area contributed by atoms with Crippen LogP contribution in [-0.2, 0) is 132 Å². The van der Waals surface area contributed by atoms with Gasteiger partial charge in [0.1, 0.15) is 78.3 Å². The van der Waals surface area contributed by atoms with E-state index in [1.54, 1.807) is 85.7 Å². The van der Waals surface area contributed by atoms with Crippen LogP contribution in [0.1, 0.15) is 124 Å². The van der Waals surface area contributed by atoms with E-state index in [2.05, 4.69) is 58.2 Å². The molecule has 12 amide bonds. The van der Waals surface area contributed by atoms with Crippen molar-refractivity contribution in [3.05, 3.63) is 196 Å². The van der Waals surface area contributed by atoms with Crippen LogP contribution in [0, 0.1) is 5.82 Å². The van der Waals surface area contributed by atoms with Gasteiger partial charge >= 0.3 is 6.09 Å².